The van der Waals surface area contributed by atoms with Crippen molar-refractivity contribution in [3.8, 4) is 0 Å². The Morgan fingerprint density at radius 2 is 1.69 bits per heavy atom. The molecule has 0 aliphatic carbocycles. The van der Waals surface area contributed by atoms with Gasteiger partial charge in [-0.25, -0.2) is 13.2 Å². The molecule has 0 unspecified atom stereocenters. The lowest BCUT2D eigenvalue weighted by Crippen LogP contribution is -2.56. The molecular weight excluding hydrogens is 394 g/mol. The van der Waals surface area contributed by atoms with Crippen molar-refractivity contribution in [3.63, 3.8) is 0 Å². The number of rotatable bonds is 6. The molecule has 29 heavy (non-hydrogen) atoms. The Kier molecular flexibility index (Phi) is 7.51. The van der Waals surface area contributed by atoms with Gasteiger partial charge in [-0.15, -0.1) is 0 Å². The van der Waals surface area contributed by atoms with E-state index in [9.17, 15) is 18.0 Å². The van der Waals surface area contributed by atoms with Gasteiger partial charge in [0, 0.05) is 26.2 Å². The van der Waals surface area contributed by atoms with Gasteiger partial charge in [-0.05, 0) is 44.4 Å². The quantitative estimate of drug-likeness (QED) is 0.697. The van der Waals surface area contributed by atoms with E-state index in [0.29, 0.717) is 44.9 Å². The van der Waals surface area contributed by atoms with Gasteiger partial charge in [-0.3, -0.25) is 9.10 Å². The third-order valence-electron chi connectivity index (χ3n) is 5.03. The van der Waals surface area contributed by atoms with Gasteiger partial charge in [0.15, 0.2) is 0 Å². The van der Waals surface area contributed by atoms with Gasteiger partial charge in [0.1, 0.15) is 6.04 Å². The minimum absolute atomic E-state index is 0.248. The second kappa shape index (κ2) is 9.47. The summed E-state index contributed by atoms with van der Waals surface area (Å²) in [5.74, 6) is -0.248. The number of sulfonamides is 1. The summed E-state index contributed by atoms with van der Waals surface area (Å²) in [6, 6.07) is 4.74. The van der Waals surface area contributed by atoms with Crippen LogP contribution in [0.1, 0.15) is 31.4 Å². The van der Waals surface area contributed by atoms with Crippen LogP contribution in [-0.2, 0) is 19.6 Å². The Morgan fingerprint density at radius 1 is 1.10 bits per heavy atom. The van der Waals surface area contributed by atoms with Crippen LogP contribution in [0.25, 0.3) is 0 Å². The van der Waals surface area contributed by atoms with Crippen molar-refractivity contribution in [2.75, 3.05) is 43.3 Å². The molecule has 1 atom stereocenters. The Labute approximate surface area is 173 Å². The van der Waals surface area contributed by atoms with Gasteiger partial charge in [-0.1, -0.05) is 19.1 Å². The number of hydrogen-bond acceptors (Lipinski definition) is 5. The van der Waals surface area contributed by atoms with Gasteiger partial charge in [-0.2, -0.15) is 0 Å². The fourth-order valence-corrected chi connectivity index (χ4v) is 4.77. The highest BCUT2D eigenvalue weighted by Gasteiger charge is 2.36. The third-order valence-corrected chi connectivity index (χ3v) is 6.20. The SMILES string of the molecule is CCOC(=O)N1CCN(C(=O)[C@H](CC)N(c2cc(C)ccc2C)S(C)(=O)=O)CC1. The highest BCUT2D eigenvalue weighted by atomic mass is 32.2. The molecule has 0 saturated carbocycles. The average Bonchev–Trinajstić information content (AvgIpc) is 2.67. The highest BCUT2D eigenvalue weighted by molar-refractivity contribution is 7.92. The zero-order valence-corrected chi connectivity index (χ0v) is 18.7. The monoisotopic (exact) mass is 425 g/mol. The smallest absolute Gasteiger partial charge is 0.409 e. The summed E-state index contributed by atoms with van der Waals surface area (Å²) in [6.45, 7) is 9.00. The van der Waals surface area contributed by atoms with E-state index >= 15 is 0 Å². The number of anilines is 1. The Bertz CT molecular complexity index is 848. The van der Waals surface area contributed by atoms with Crippen molar-refractivity contribution >= 4 is 27.7 Å². The number of amides is 2. The predicted octanol–water partition coefficient (Wildman–Crippen LogP) is 2.15. The molecule has 9 heteroatoms. The first-order valence-electron chi connectivity index (χ1n) is 9.87. The maximum Gasteiger partial charge on any atom is 0.409 e. The van der Waals surface area contributed by atoms with Crippen molar-refractivity contribution in [1.82, 2.24) is 9.80 Å². The molecule has 0 aromatic heterocycles. The van der Waals surface area contributed by atoms with Crippen LogP contribution in [0, 0.1) is 13.8 Å². The summed E-state index contributed by atoms with van der Waals surface area (Å²) in [6.07, 6.45) is 1.08. The molecule has 1 saturated heterocycles. The van der Waals surface area contributed by atoms with Crippen LogP contribution in [0.15, 0.2) is 18.2 Å². The first-order valence-corrected chi connectivity index (χ1v) is 11.7. The van der Waals surface area contributed by atoms with Crippen LogP contribution >= 0.6 is 0 Å². The largest absolute Gasteiger partial charge is 0.450 e. The molecule has 0 radical (unpaired) electrons. The number of benzene rings is 1. The van der Waals surface area contributed by atoms with Crippen molar-refractivity contribution in [2.45, 2.75) is 40.2 Å². The molecule has 1 heterocycles. The number of ether oxygens (including phenoxy) is 1. The van der Waals surface area contributed by atoms with Crippen molar-refractivity contribution < 1.29 is 22.7 Å². The van der Waals surface area contributed by atoms with Gasteiger partial charge in [0.05, 0.1) is 18.6 Å². The molecule has 162 valence electrons. The summed E-state index contributed by atoms with van der Waals surface area (Å²) in [4.78, 5) is 28.3. The molecule has 2 rings (SSSR count). The van der Waals surface area contributed by atoms with Crippen LogP contribution in [0.5, 0.6) is 0 Å². The normalized spacial score (nSPS) is 15.8. The maximum atomic E-state index is 13.3. The number of aryl methyl sites for hydroxylation is 2. The lowest BCUT2D eigenvalue weighted by molar-refractivity contribution is -0.134. The van der Waals surface area contributed by atoms with E-state index in [1.807, 2.05) is 26.0 Å². The van der Waals surface area contributed by atoms with Crippen LogP contribution in [0.3, 0.4) is 0 Å². The van der Waals surface area contributed by atoms with Crippen molar-refractivity contribution in [1.29, 1.82) is 0 Å². The fourth-order valence-electron chi connectivity index (χ4n) is 3.51. The minimum atomic E-state index is -3.68. The zero-order chi connectivity index (χ0) is 21.8. The van der Waals surface area contributed by atoms with Crippen LogP contribution in [0.2, 0.25) is 0 Å². The van der Waals surface area contributed by atoms with Gasteiger partial charge in [0.2, 0.25) is 15.9 Å². The summed E-state index contributed by atoms with van der Waals surface area (Å²) in [5.41, 5.74) is 2.24. The first kappa shape index (κ1) is 23.0. The van der Waals surface area contributed by atoms with E-state index in [-0.39, 0.29) is 12.0 Å². The van der Waals surface area contributed by atoms with Crippen molar-refractivity contribution in [3.05, 3.63) is 29.3 Å². The van der Waals surface area contributed by atoms with Crippen LogP contribution in [0.4, 0.5) is 10.5 Å². The predicted molar refractivity (Wildman–Crippen MR) is 112 cm³/mol. The van der Waals surface area contributed by atoms with Gasteiger partial charge < -0.3 is 14.5 Å². The molecule has 0 bridgehead atoms. The zero-order valence-electron chi connectivity index (χ0n) is 17.8. The van der Waals surface area contributed by atoms with E-state index in [2.05, 4.69) is 0 Å². The van der Waals surface area contributed by atoms with Gasteiger partial charge >= 0.3 is 6.09 Å². The standard InChI is InChI=1S/C20H31N3O5S/c1-6-17(19(24)21-10-12-22(13-11-21)20(25)28-7-2)23(29(5,26)27)18-14-15(3)8-9-16(18)4/h8-9,14,17H,6-7,10-13H2,1-5H3/t17-/m0/s1. The maximum absolute atomic E-state index is 13.3. The summed E-state index contributed by atoms with van der Waals surface area (Å²) >= 11 is 0. The molecule has 8 nitrogen and oxygen atoms in total. The fraction of sp³-hybridized carbons (Fsp3) is 0.600. The van der Waals surface area contributed by atoms with E-state index in [0.717, 1.165) is 17.4 Å². The van der Waals surface area contributed by atoms with E-state index in [1.165, 1.54) is 4.31 Å². The molecule has 0 N–H and O–H groups in total. The number of piperazine rings is 1. The molecule has 1 aromatic carbocycles. The summed E-state index contributed by atoms with van der Waals surface area (Å²) < 4.78 is 31.6. The lowest BCUT2D eigenvalue weighted by atomic mass is 10.1. The first-order chi connectivity index (χ1) is 13.6. The van der Waals surface area contributed by atoms with Crippen LogP contribution in [-0.4, -0.2) is 75.3 Å². The van der Waals surface area contributed by atoms with Gasteiger partial charge in [0.25, 0.3) is 0 Å². The average molecular weight is 426 g/mol. The molecule has 1 aliphatic rings. The molecule has 1 aromatic rings. The van der Waals surface area contributed by atoms with Crippen LogP contribution < -0.4 is 4.31 Å². The molecule has 2 amide bonds. The molecule has 1 fully saturated rings. The second-order valence-electron chi connectivity index (χ2n) is 7.28. The molecule has 0 spiro atoms. The Balaban J connectivity index is 2.26. The van der Waals surface area contributed by atoms with E-state index in [4.69, 9.17) is 4.74 Å². The lowest BCUT2D eigenvalue weighted by Gasteiger charge is -2.38. The van der Waals surface area contributed by atoms with Crippen molar-refractivity contribution in [2.24, 2.45) is 0 Å². The Hall–Kier alpha value is -2.29. The topological polar surface area (TPSA) is 87.2 Å². The number of hydrogen-bond donors (Lipinski definition) is 0. The minimum Gasteiger partial charge on any atom is -0.450 e. The Morgan fingerprint density at radius 3 is 2.21 bits per heavy atom. The summed E-state index contributed by atoms with van der Waals surface area (Å²) in [7, 11) is -3.68. The number of carbonyl (C=O) groups is 2. The highest BCUT2D eigenvalue weighted by Crippen LogP contribution is 2.28. The second-order valence-corrected chi connectivity index (χ2v) is 9.14. The molecular formula is C20H31N3O5S. The number of nitrogens with zero attached hydrogens (tertiary/aromatic N) is 3. The van der Waals surface area contributed by atoms with E-state index < -0.39 is 16.1 Å². The number of carbonyl (C=O) groups excluding carboxylic acids is 2. The van der Waals surface area contributed by atoms with E-state index in [1.54, 1.807) is 29.7 Å². The summed E-state index contributed by atoms with van der Waals surface area (Å²) in [5, 5.41) is 0. The third kappa shape index (κ3) is 5.41. The molecule has 1 aliphatic heterocycles.